The van der Waals surface area contributed by atoms with Crippen molar-refractivity contribution in [3.8, 4) is 5.75 Å². The van der Waals surface area contributed by atoms with Gasteiger partial charge in [0.25, 0.3) is 0 Å². The van der Waals surface area contributed by atoms with Crippen molar-refractivity contribution < 1.29 is 9.90 Å². The molecule has 88 valence electrons. The van der Waals surface area contributed by atoms with E-state index < -0.39 is 0 Å². The lowest BCUT2D eigenvalue weighted by atomic mass is 10.3. The van der Waals surface area contributed by atoms with Gasteiger partial charge >= 0.3 is 0 Å². The molecule has 0 spiro atoms. The first kappa shape index (κ1) is 11.0. The molecule has 2 N–H and O–H groups in total. The number of rotatable bonds is 2. The van der Waals surface area contributed by atoms with E-state index in [4.69, 9.17) is 0 Å². The predicted octanol–water partition coefficient (Wildman–Crippen LogP) is 1.90. The third-order valence-corrected chi connectivity index (χ3v) is 5.06. The molecule has 3 rings (SSSR count). The molecule has 2 unspecified atom stereocenters. The summed E-state index contributed by atoms with van der Waals surface area (Å²) in [5, 5.41) is 13.7. The molecule has 1 aromatic heterocycles. The van der Waals surface area contributed by atoms with Crippen molar-refractivity contribution in [2.75, 3.05) is 5.75 Å². The average molecular weight is 266 g/mol. The van der Waals surface area contributed by atoms with Crippen LogP contribution < -0.4 is 5.32 Å². The van der Waals surface area contributed by atoms with Crippen molar-refractivity contribution in [2.45, 2.75) is 11.4 Å². The number of hydrogen-bond acceptors (Lipinski definition) is 6. The molecule has 0 saturated carbocycles. The van der Waals surface area contributed by atoms with Gasteiger partial charge in [0.15, 0.2) is 0 Å². The van der Waals surface area contributed by atoms with Gasteiger partial charge in [-0.2, -0.15) is 0 Å². The molecular weight excluding hydrogens is 256 g/mol. The molecule has 2 heterocycles. The van der Waals surface area contributed by atoms with Crippen LogP contribution in [0.1, 0.15) is 10.4 Å². The largest absolute Gasteiger partial charge is 0.508 e. The highest BCUT2D eigenvalue weighted by Gasteiger charge is 2.27. The summed E-state index contributed by atoms with van der Waals surface area (Å²) >= 11 is 3.24. The van der Waals surface area contributed by atoms with Gasteiger partial charge in [0, 0.05) is 5.75 Å². The summed E-state index contributed by atoms with van der Waals surface area (Å²) in [6.07, 6.45) is 0.937. The van der Waals surface area contributed by atoms with Gasteiger partial charge < -0.3 is 9.90 Å². The van der Waals surface area contributed by atoms with Crippen LogP contribution in [0.15, 0.2) is 18.2 Å². The number of phenolic OH excluding ortho intramolecular Hbond substituents is 1. The van der Waals surface area contributed by atoms with Crippen LogP contribution in [0, 0.1) is 0 Å². The Morgan fingerprint density at radius 2 is 2.41 bits per heavy atom. The van der Waals surface area contributed by atoms with E-state index in [0.717, 1.165) is 27.3 Å². The number of phenols is 1. The Hall–Kier alpha value is -1.11. The van der Waals surface area contributed by atoms with Gasteiger partial charge in [-0.05, 0) is 18.2 Å². The molecule has 1 fully saturated rings. The number of nitrogens with zero attached hydrogens (tertiary/aromatic N) is 1. The minimum atomic E-state index is -0.0783. The van der Waals surface area contributed by atoms with Gasteiger partial charge in [0.1, 0.15) is 22.4 Å². The fourth-order valence-electron chi connectivity index (χ4n) is 1.75. The molecular formula is C11H10N2O2S2. The minimum absolute atomic E-state index is 0.0783. The number of aromatic hydroxyl groups is 1. The average Bonchev–Trinajstić information content (AvgIpc) is 2.93. The quantitative estimate of drug-likeness (QED) is 0.813. The van der Waals surface area contributed by atoms with E-state index in [0.29, 0.717) is 0 Å². The molecule has 17 heavy (non-hydrogen) atoms. The van der Waals surface area contributed by atoms with Crippen molar-refractivity contribution in [1.29, 1.82) is 0 Å². The number of carbonyl (C=O) groups is 1. The van der Waals surface area contributed by atoms with E-state index in [1.165, 1.54) is 0 Å². The van der Waals surface area contributed by atoms with Gasteiger partial charge in [-0.25, -0.2) is 4.98 Å². The van der Waals surface area contributed by atoms with E-state index in [1.807, 2.05) is 6.07 Å². The lowest BCUT2D eigenvalue weighted by molar-refractivity contribution is -0.109. The lowest BCUT2D eigenvalue weighted by Gasteiger charge is -2.05. The molecule has 1 aliphatic heterocycles. The highest BCUT2D eigenvalue weighted by molar-refractivity contribution is 7.99. The van der Waals surface area contributed by atoms with Crippen LogP contribution in [0.2, 0.25) is 0 Å². The van der Waals surface area contributed by atoms with Crippen LogP contribution in [0.25, 0.3) is 10.2 Å². The second-order valence-electron chi connectivity index (χ2n) is 3.83. The zero-order chi connectivity index (χ0) is 11.8. The number of aldehydes is 1. The Labute approximate surface area is 106 Å². The van der Waals surface area contributed by atoms with Gasteiger partial charge in [-0.1, -0.05) is 0 Å². The Balaban J connectivity index is 1.93. The van der Waals surface area contributed by atoms with Crippen molar-refractivity contribution in [1.82, 2.24) is 10.3 Å². The van der Waals surface area contributed by atoms with E-state index in [9.17, 15) is 9.90 Å². The summed E-state index contributed by atoms with van der Waals surface area (Å²) in [5.74, 6) is 1.04. The molecule has 0 aliphatic carbocycles. The maximum Gasteiger partial charge on any atom is 0.137 e. The maximum absolute atomic E-state index is 10.7. The molecule has 0 amide bonds. The second-order valence-corrected chi connectivity index (χ2v) is 6.03. The van der Waals surface area contributed by atoms with Crippen molar-refractivity contribution in [3.05, 3.63) is 23.2 Å². The number of thioether (sulfide) groups is 1. The lowest BCUT2D eigenvalue weighted by Crippen LogP contribution is -2.26. The van der Waals surface area contributed by atoms with Crippen LogP contribution in [0.3, 0.4) is 0 Å². The van der Waals surface area contributed by atoms with Crippen LogP contribution in [-0.2, 0) is 4.79 Å². The number of aromatic nitrogens is 1. The summed E-state index contributed by atoms with van der Waals surface area (Å²) in [7, 11) is 0. The molecule has 1 aliphatic rings. The summed E-state index contributed by atoms with van der Waals surface area (Å²) in [6, 6.07) is 5.08. The highest BCUT2D eigenvalue weighted by Crippen LogP contribution is 2.37. The summed E-state index contributed by atoms with van der Waals surface area (Å²) in [4.78, 5) is 15.2. The maximum atomic E-state index is 10.7. The number of fused-ring (bicyclic) bond motifs is 1. The van der Waals surface area contributed by atoms with E-state index >= 15 is 0 Å². The summed E-state index contributed by atoms with van der Waals surface area (Å²) in [5.41, 5.74) is 0.889. The third kappa shape index (κ3) is 2.03. The smallest absolute Gasteiger partial charge is 0.137 e. The van der Waals surface area contributed by atoms with Gasteiger partial charge in [-0.3, -0.25) is 5.32 Å². The Kier molecular flexibility index (Phi) is 2.78. The van der Waals surface area contributed by atoms with Gasteiger partial charge in [0.05, 0.1) is 16.3 Å². The molecule has 0 radical (unpaired) electrons. The highest BCUT2D eigenvalue weighted by atomic mass is 32.2. The molecule has 1 saturated heterocycles. The summed E-state index contributed by atoms with van der Waals surface area (Å²) in [6.45, 7) is 0. The van der Waals surface area contributed by atoms with E-state index in [-0.39, 0.29) is 17.2 Å². The van der Waals surface area contributed by atoms with E-state index in [1.54, 1.807) is 35.2 Å². The molecule has 2 aromatic rings. The van der Waals surface area contributed by atoms with Crippen LogP contribution in [0.4, 0.5) is 0 Å². The van der Waals surface area contributed by atoms with Crippen molar-refractivity contribution in [2.24, 2.45) is 0 Å². The molecule has 1 aromatic carbocycles. The molecule has 4 nitrogen and oxygen atoms in total. The minimum Gasteiger partial charge on any atom is -0.508 e. The fourth-order valence-corrected chi connectivity index (χ4v) is 4.09. The second kappa shape index (κ2) is 4.29. The van der Waals surface area contributed by atoms with Crippen LogP contribution >= 0.6 is 23.1 Å². The Morgan fingerprint density at radius 3 is 3.18 bits per heavy atom. The van der Waals surface area contributed by atoms with Crippen LogP contribution in [0.5, 0.6) is 5.75 Å². The molecule has 6 heteroatoms. The van der Waals surface area contributed by atoms with Gasteiger partial charge in [0.2, 0.25) is 0 Å². The number of carbonyl (C=O) groups excluding carboxylic acids is 1. The Morgan fingerprint density at radius 1 is 1.53 bits per heavy atom. The predicted molar refractivity (Wildman–Crippen MR) is 69.5 cm³/mol. The zero-order valence-corrected chi connectivity index (χ0v) is 10.4. The zero-order valence-electron chi connectivity index (χ0n) is 8.79. The normalized spacial score (nSPS) is 24.2. The first-order chi connectivity index (χ1) is 8.26. The standard InChI is InChI=1S/C11H10N2O2S2/c14-4-6-5-16-10(12-6)11-13-8-2-1-7(15)3-9(8)17-11/h1-4,6,10,12,15H,5H2. The monoisotopic (exact) mass is 266 g/mol. The first-order valence-electron chi connectivity index (χ1n) is 5.18. The Bertz CT molecular complexity index is 570. The van der Waals surface area contributed by atoms with E-state index in [2.05, 4.69) is 10.3 Å². The fraction of sp³-hybridized carbons (Fsp3) is 0.273. The number of thiazole rings is 1. The van der Waals surface area contributed by atoms with Crippen molar-refractivity contribution in [3.63, 3.8) is 0 Å². The summed E-state index contributed by atoms with van der Waals surface area (Å²) < 4.78 is 0.969. The number of nitrogens with one attached hydrogen (secondary N) is 1. The number of hydrogen-bond donors (Lipinski definition) is 2. The van der Waals surface area contributed by atoms with Crippen LogP contribution in [-0.4, -0.2) is 28.2 Å². The topological polar surface area (TPSA) is 62.2 Å². The number of benzene rings is 1. The van der Waals surface area contributed by atoms with Crippen molar-refractivity contribution >= 4 is 39.6 Å². The third-order valence-electron chi connectivity index (χ3n) is 2.59. The molecule has 2 atom stereocenters. The van der Waals surface area contributed by atoms with Gasteiger partial charge in [-0.15, -0.1) is 23.1 Å². The SMILES string of the molecule is O=CC1CSC(c2nc3ccc(O)cc3s2)N1. The molecule has 0 bridgehead atoms. The first-order valence-corrected chi connectivity index (χ1v) is 7.05.